The highest BCUT2D eigenvalue weighted by Crippen LogP contribution is 2.39. The first-order chi connectivity index (χ1) is 10.4. The lowest BCUT2D eigenvalue weighted by molar-refractivity contribution is -0.124. The predicted octanol–water partition coefficient (Wildman–Crippen LogP) is 3.34. The summed E-state index contributed by atoms with van der Waals surface area (Å²) in [6.45, 7) is 10.4. The van der Waals surface area contributed by atoms with Gasteiger partial charge in [0, 0.05) is 17.9 Å². The van der Waals surface area contributed by atoms with Gasteiger partial charge in [-0.2, -0.15) is 0 Å². The van der Waals surface area contributed by atoms with Crippen molar-refractivity contribution in [2.45, 2.75) is 59.6 Å². The first-order valence-corrected chi connectivity index (χ1v) is 8.12. The van der Waals surface area contributed by atoms with Crippen LogP contribution in [0.3, 0.4) is 0 Å². The van der Waals surface area contributed by atoms with Crippen LogP contribution in [0.15, 0.2) is 6.07 Å². The molecule has 0 spiro atoms. The van der Waals surface area contributed by atoms with Gasteiger partial charge in [0.15, 0.2) is 0 Å². The number of carbonyl (C=O) groups is 1. The molecule has 122 valence electrons. The van der Waals surface area contributed by atoms with E-state index in [-0.39, 0.29) is 17.9 Å². The van der Waals surface area contributed by atoms with Crippen molar-refractivity contribution in [3.8, 4) is 5.75 Å². The summed E-state index contributed by atoms with van der Waals surface area (Å²) >= 11 is 0. The Kier molecular flexibility index (Phi) is 5.12. The van der Waals surface area contributed by atoms with Crippen LogP contribution in [-0.2, 0) is 4.79 Å². The molecule has 1 amide bonds. The van der Waals surface area contributed by atoms with Gasteiger partial charge in [0.05, 0.1) is 18.8 Å². The van der Waals surface area contributed by atoms with E-state index in [2.05, 4.69) is 5.32 Å². The molecule has 0 saturated heterocycles. The summed E-state index contributed by atoms with van der Waals surface area (Å²) in [5.41, 5.74) is 4.06. The normalized spacial score (nSPS) is 18.6. The Balaban J connectivity index is 2.44. The molecule has 0 aliphatic carbocycles. The molecule has 2 N–H and O–H groups in total. The van der Waals surface area contributed by atoms with Crippen molar-refractivity contribution < 1.29 is 14.6 Å². The maximum absolute atomic E-state index is 12.0. The average Bonchev–Trinajstić information content (AvgIpc) is 2.50. The van der Waals surface area contributed by atoms with Crippen LogP contribution in [0.25, 0.3) is 0 Å². The van der Waals surface area contributed by atoms with Crippen LogP contribution in [0.4, 0.5) is 0 Å². The molecule has 2 atom stereocenters. The fourth-order valence-corrected chi connectivity index (χ4v) is 2.88. The maximum Gasteiger partial charge on any atom is 0.223 e. The van der Waals surface area contributed by atoms with Crippen molar-refractivity contribution in [2.24, 2.45) is 5.92 Å². The fraction of sp³-hybridized carbons (Fsp3) is 0.611. The number of ether oxygens (including phenoxy) is 1. The number of hydrogen-bond acceptors (Lipinski definition) is 3. The van der Waals surface area contributed by atoms with Gasteiger partial charge in [0.1, 0.15) is 5.75 Å². The highest BCUT2D eigenvalue weighted by Gasteiger charge is 2.28. The van der Waals surface area contributed by atoms with E-state index in [1.54, 1.807) is 0 Å². The van der Waals surface area contributed by atoms with Crippen molar-refractivity contribution in [2.75, 3.05) is 6.61 Å². The molecule has 0 radical (unpaired) electrons. The Morgan fingerprint density at radius 3 is 2.68 bits per heavy atom. The number of hydrogen-bond donors (Lipinski definition) is 2. The van der Waals surface area contributed by atoms with Gasteiger partial charge in [-0.05, 0) is 43.0 Å². The van der Waals surface area contributed by atoms with E-state index in [1.807, 2.05) is 40.7 Å². The van der Waals surface area contributed by atoms with Gasteiger partial charge in [-0.15, -0.1) is 0 Å². The number of aliphatic hydroxyl groups is 1. The van der Waals surface area contributed by atoms with Crippen LogP contribution in [-0.4, -0.2) is 17.6 Å². The van der Waals surface area contributed by atoms with Gasteiger partial charge in [-0.3, -0.25) is 4.79 Å². The van der Waals surface area contributed by atoms with Gasteiger partial charge in [0.25, 0.3) is 0 Å². The minimum Gasteiger partial charge on any atom is -0.493 e. The Hall–Kier alpha value is -1.55. The van der Waals surface area contributed by atoms with E-state index in [9.17, 15) is 9.90 Å². The van der Waals surface area contributed by atoms with Crippen LogP contribution < -0.4 is 10.1 Å². The molecule has 0 bridgehead atoms. The molecular weight excluding hydrogens is 278 g/mol. The molecule has 1 aliphatic heterocycles. The minimum atomic E-state index is -0.479. The summed E-state index contributed by atoms with van der Waals surface area (Å²) in [4.78, 5) is 12.0. The van der Waals surface area contributed by atoms with Crippen molar-refractivity contribution in [1.82, 2.24) is 5.32 Å². The summed E-state index contributed by atoms with van der Waals surface area (Å²) < 4.78 is 5.84. The van der Waals surface area contributed by atoms with E-state index in [1.165, 1.54) is 0 Å². The molecule has 22 heavy (non-hydrogen) atoms. The minimum absolute atomic E-state index is 0.0410. The first kappa shape index (κ1) is 16.8. The summed E-state index contributed by atoms with van der Waals surface area (Å²) in [6.07, 6.45) is 0.950. The van der Waals surface area contributed by atoms with Crippen molar-refractivity contribution in [3.05, 3.63) is 28.3 Å². The van der Waals surface area contributed by atoms with Crippen LogP contribution >= 0.6 is 0 Å². The standard InChI is InChI=1S/C18H27NO3/c1-6-16(20)13-9-14-15(19-18(21)10(2)3)7-8-22-17(14)12(5)11(13)4/h9-10,15-16,20H,6-8H2,1-5H3,(H,19,21). The van der Waals surface area contributed by atoms with Crippen LogP contribution in [0.2, 0.25) is 0 Å². The van der Waals surface area contributed by atoms with Crippen molar-refractivity contribution in [3.63, 3.8) is 0 Å². The molecule has 1 aromatic rings. The molecule has 4 nitrogen and oxygen atoms in total. The lowest BCUT2D eigenvalue weighted by Gasteiger charge is -2.31. The number of amides is 1. The monoisotopic (exact) mass is 305 g/mol. The van der Waals surface area contributed by atoms with Crippen LogP contribution in [0, 0.1) is 19.8 Å². The summed E-state index contributed by atoms with van der Waals surface area (Å²) in [7, 11) is 0. The number of benzene rings is 1. The van der Waals surface area contributed by atoms with Crippen molar-refractivity contribution in [1.29, 1.82) is 0 Å². The maximum atomic E-state index is 12.0. The molecule has 4 heteroatoms. The molecule has 0 fully saturated rings. The quantitative estimate of drug-likeness (QED) is 0.897. The Labute approximate surface area is 132 Å². The van der Waals surface area contributed by atoms with Crippen molar-refractivity contribution >= 4 is 5.91 Å². The highest BCUT2D eigenvalue weighted by atomic mass is 16.5. The lowest BCUT2D eigenvalue weighted by Crippen LogP contribution is -2.35. The third-order valence-corrected chi connectivity index (χ3v) is 4.52. The topological polar surface area (TPSA) is 58.6 Å². The van der Waals surface area contributed by atoms with Gasteiger partial charge in [0.2, 0.25) is 5.91 Å². The molecule has 2 rings (SSSR count). The number of carbonyl (C=O) groups excluding carboxylic acids is 1. The Morgan fingerprint density at radius 1 is 1.41 bits per heavy atom. The van der Waals surface area contributed by atoms with Gasteiger partial charge >= 0.3 is 0 Å². The van der Waals surface area contributed by atoms with Gasteiger partial charge < -0.3 is 15.2 Å². The Morgan fingerprint density at radius 2 is 2.09 bits per heavy atom. The predicted molar refractivity (Wildman–Crippen MR) is 87.0 cm³/mol. The zero-order valence-corrected chi connectivity index (χ0v) is 14.2. The van der Waals surface area contributed by atoms with E-state index in [0.717, 1.165) is 34.4 Å². The second-order valence-corrected chi connectivity index (χ2v) is 6.41. The highest BCUT2D eigenvalue weighted by molar-refractivity contribution is 5.78. The molecule has 1 aromatic carbocycles. The number of aliphatic hydroxyl groups excluding tert-OH is 1. The summed E-state index contributed by atoms with van der Waals surface area (Å²) in [5.74, 6) is 0.872. The van der Waals surface area contributed by atoms with Crippen LogP contribution in [0.1, 0.15) is 68.0 Å². The van der Waals surface area contributed by atoms with Crippen LogP contribution in [0.5, 0.6) is 5.75 Å². The second kappa shape index (κ2) is 6.69. The smallest absolute Gasteiger partial charge is 0.223 e. The van der Waals surface area contributed by atoms with E-state index < -0.39 is 6.10 Å². The molecule has 0 saturated carbocycles. The number of nitrogens with one attached hydrogen (secondary N) is 1. The molecule has 1 aliphatic rings. The molecular formula is C18H27NO3. The zero-order chi connectivity index (χ0) is 16.4. The van der Waals surface area contributed by atoms with E-state index in [4.69, 9.17) is 4.74 Å². The molecule has 0 aromatic heterocycles. The van der Waals surface area contributed by atoms with Gasteiger partial charge in [-0.1, -0.05) is 20.8 Å². The second-order valence-electron chi connectivity index (χ2n) is 6.41. The summed E-state index contributed by atoms with van der Waals surface area (Å²) in [5, 5.41) is 13.4. The third-order valence-electron chi connectivity index (χ3n) is 4.52. The SMILES string of the molecule is CCC(O)c1cc2c(c(C)c1C)OCCC2NC(=O)C(C)C. The zero-order valence-electron chi connectivity index (χ0n) is 14.2. The van der Waals surface area contributed by atoms with Gasteiger partial charge in [-0.25, -0.2) is 0 Å². The average molecular weight is 305 g/mol. The molecule has 1 heterocycles. The largest absolute Gasteiger partial charge is 0.493 e. The third kappa shape index (κ3) is 3.12. The molecule has 2 unspecified atom stereocenters. The number of rotatable bonds is 4. The fourth-order valence-electron chi connectivity index (χ4n) is 2.88. The number of fused-ring (bicyclic) bond motifs is 1. The van der Waals surface area contributed by atoms with E-state index in [0.29, 0.717) is 13.0 Å². The summed E-state index contributed by atoms with van der Waals surface area (Å²) in [6, 6.07) is 1.97. The van der Waals surface area contributed by atoms with E-state index >= 15 is 0 Å². The Bertz CT molecular complexity index is 566. The first-order valence-electron chi connectivity index (χ1n) is 8.12. The lowest BCUT2D eigenvalue weighted by atomic mass is 9.89.